The molecule has 1 amide bonds. The summed E-state index contributed by atoms with van der Waals surface area (Å²) >= 11 is 0. The van der Waals surface area contributed by atoms with Gasteiger partial charge in [-0.2, -0.15) is 0 Å². The molecular formula is C15H26Cl2FN3O. The molecule has 0 aliphatic rings. The lowest BCUT2D eigenvalue weighted by Gasteiger charge is -2.26. The summed E-state index contributed by atoms with van der Waals surface area (Å²) < 4.78 is 13.3. The van der Waals surface area contributed by atoms with E-state index in [0.717, 1.165) is 5.56 Å². The number of nitrogens with one attached hydrogen (secondary N) is 1. The third kappa shape index (κ3) is 6.92. The Labute approximate surface area is 144 Å². The smallest absolute Gasteiger partial charge is 0.224 e. The standard InChI is InChI=1S/C15H24FN3O.2ClH/c1-10(11(2)17)15(20)18-9-14(19(3)4)12-6-5-7-13(16)8-12;;/h5-8,10-11,14H,9,17H2,1-4H3,(H,18,20);2*1H. The molecule has 3 N–H and O–H groups in total. The first-order chi connectivity index (χ1) is 9.32. The van der Waals surface area contributed by atoms with Crippen molar-refractivity contribution in [1.29, 1.82) is 0 Å². The minimum atomic E-state index is -0.273. The minimum absolute atomic E-state index is 0. The lowest BCUT2D eigenvalue weighted by atomic mass is 10.0. The fourth-order valence-corrected chi connectivity index (χ4v) is 1.91. The second-order valence-corrected chi connectivity index (χ2v) is 5.43. The highest BCUT2D eigenvalue weighted by atomic mass is 35.5. The van der Waals surface area contributed by atoms with Gasteiger partial charge in [-0.3, -0.25) is 4.79 Å². The molecule has 0 saturated heterocycles. The van der Waals surface area contributed by atoms with Crippen molar-refractivity contribution in [2.24, 2.45) is 11.7 Å². The van der Waals surface area contributed by atoms with Crippen LogP contribution in [0.4, 0.5) is 4.39 Å². The molecule has 0 saturated carbocycles. The van der Waals surface area contributed by atoms with Gasteiger partial charge in [-0.25, -0.2) is 4.39 Å². The normalized spacial score (nSPS) is 14.3. The summed E-state index contributed by atoms with van der Waals surface area (Å²) in [4.78, 5) is 13.9. The monoisotopic (exact) mass is 353 g/mol. The van der Waals surface area contributed by atoms with Crippen LogP contribution in [0.3, 0.4) is 0 Å². The van der Waals surface area contributed by atoms with Crippen molar-refractivity contribution in [2.45, 2.75) is 25.9 Å². The van der Waals surface area contributed by atoms with Crippen LogP contribution in [0.25, 0.3) is 0 Å². The fraction of sp³-hybridized carbons (Fsp3) is 0.533. The Kier molecular flexibility index (Phi) is 11.5. The van der Waals surface area contributed by atoms with E-state index in [1.54, 1.807) is 19.9 Å². The van der Waals surface area contributed by atoms with Crippen LogP contribution in [-0.2, 0) is 4.79 Å². The van der Waals surface area contributed by atoms with Gasteiger partial charge in [0.05, 0.1) is 6.04 Å². The molecule has 0 aliphatic carbocycles. The van der Waals surface area contributed by atoms with Gasteiger partial charge in [0.2, 0.25) is 5.91 Å². The topological polar surface area (TPSA) is 58.4 Å². The highest BCUT2D eigenvalue weighted by Crippen LogP contribution is 2.18. The molecule has 0 radical (unpaired) electrons. The van der Waals surface area contributed by atoms with Crippen LogP contribution in [-0.4, -0.2) is 37.5 Å². The van der Waals surface area contributed by atoms with E-state index in [1.165, 1.54) is 12.1 Å². The van der Waals surface area contributed by atoms with E-state index < -0.39 is 0 Å². The second kappa shape index (κ2) is 10.8. The lowest BCUT2D eigenvalue weighted by Crippen LogP contribution is -2.42. The molecule has 22 heavy (non-hydrogen) atoms. The van der Waals surface area contributed by atoms with Crippen LogP contribution < -0.4 is 11.1 Å². The molecule has 0 aromatic heterocycles. The van der Waals surface area contributed by atoms with Crippen LogP contribution in [0, 0.1) is 11.7 Å². The molecule has 0 spiro atoms. The molecule has 0 bridgehead atoms. The lowest BCUT2D eigenvalue weighted by molar-refractivity contribution is -0.125. The van der Waals surface area contributed by atoms with Gasteiger partial charge in [-0.15, -0.1) is 24.8 Å². The number of likely N-dealkylation sites (N-methyl/N-ethyl adjacent to an activating group) is 1. The zero-order valence-corrected chi connectivity index (χ0v) is 15.0. The molecule has 1 aromatic carbocycles. The van der Waals surface area contributed by atoms with Crippen molar-refractivity contribution in [3.8, 4) is 0 Å². The maximum atomic E-state index is 13.3. The summed E-state index contributed by atoms with van der Waals surface area (Å²) in [7, 11) is 3.80. The Balaban J connectivity index is 0. The first-order valence-electron chi connectivity index (χ1n) is 6.78. The number of amides is 1. The van der Waals surface area contributed by atoms with E-state index in [1.807, 2.05) is 25.1 Å². The zero-order valence-electron chi connectivity index (χ0n) is 13.4. The van der Waals surface area contributed by atoms with Crippen molar-refractivity contribution < 1.29 is 9.18 Å². The Bertz CT molecular complexity index is 458. The van der Waals surface area contributed by atoms with Gasteiger partial charge in [-0.05, 0) is 38.7 Å². The molecule has 1 rings (SSSR count). The van der Waals surface area contributed by atoms with E-state index in [2.05, 4.69) is 5.32 Å². The van der Waals surface area contributed by atoms with Crippen LogP contribution in [0.1, 0.15) is 25.5 Å². The van der Waals surface area contributed by atoms with Crippen LogP contribution >= 0.6 is 24.8 Å². The number of rotatable bonds is 6. The molecule has 0 fully saturated rings. The number of hydrogen-bond acceptors (Lipinski definition) is 3. The molecule has 128 valence electrons. The Morgan fingerprint density at radius 2 is 1.91 bits per heavy atom. The Hall–Kier alpha value is -0.880. The van der Waals surface area contributed by atoms with Gasteiger partial charge in [-0.1, -0.05) is 19.1 Å². The quantitative estimate of drug-likeness (QED) is 0.825. The van der Waals surface area contributed by atoms with Crippen molar-refractivity contribution in [1.82, 2.24) is 10.2 Å². The van der Waals surface area contributed by atoms with Crippen LogP contribution in [0.2, 0.25) is 0 Å². The average Bonchev–Trinajstić information content (AvgIpc) is 2.37. The second-order valence-electron chi connectivity index (χ2n) is 5.43. The van der Waals surface area contributed by atoms with Crippen molar-refractivity contribution in [3.63, 3.8) is 0 Å². The number of nitrogens with zero attached hydrogens (tertiary/aromatic N) is 1. The van der Waals surface area contributed by atoms with E-state index >= 15 is 0 Å². The van der Waals surface area contributed by atoms with Crippen molar-refractivity contribution in [2.75, 3.05) is 20.6 Å². The first kappa shape index (κ1) is 23.4. The first-order valence-corrected chi connectivity index (χ1v) is 6.78. The van der Waals surface area contributed by atoms with Gasteiger partial charge >= 0.3 is 0 Å². The molecule has 3 atom stereocenters. The summed E-state index contributed by atoms with van der Waals surface area (Å²) in [6, 6.07) is 6.17. The van der Waals surface area contributed by atoms with Gasteiger partial charge in [0.25, 0.3) is 0 Å². The highest BCUT2D eigenvalue weighted by molar-refractivity contribution is 5.85. The zero-order chi connectivity index (χ0) is 15.3. The van der Waals surface area contributed by atoms with Gasteiger partial charge in [0.1, 0.15) is 5.82 Å². The van der Waals surface area contributed by atoms with Crippen molar-refractivity contribution >= 4 is 30.7 Å². The molecule has 7 heteroatoms. The minimum Gasteiger partial charge on any atom is -0.354 e. The third-order valence-corrected chi connectivity index (χ3v) is 3.53. The maximum absolute atomic E-state index is 13.3. The van der Waals surface area contributed by atoms with E-state index in [4.69, 9.17) is 5.73 Å². The molecule has 1 aromatic rings. The van der Waals surface area contributed by atoms with E-state index in [0.29, 0.717) is 6.54 Å². The number of carbonyl (C=O) groups is 1. The fourth-order valence-electron chi connectivity index (χ4n) is 1.91. The Morgan fingerprint density at radius 1 is 1.32 bits per heavy atom. The highest BCUT2D eigenvalue weighted by Gasteiger charge is 2.20. The summed E-state index contributed by atoms with van der Waals surface area (Å²) in [5.74, 6) is -0.599. The molecule has 0 aliphatic heterocycles. The molecule has 0 heterocycles. The number of nitrogens with two attached hydrogens (primary N) is 1. The van der Waals surface area contributed by atoms with Crippen molar-refractivity contribution in [3.05, 3.63) is 35.6 Å². The predicted molar refractivity (Wildman–Crippen MR) is 93.1 cm³/mol. The third-order valence-electron chi connectivity index (χ3n) is 3.53. The van der Waals surface area contributed by atoms with E-state index in [9.17, 15) is 9.18 Å². The summed E-state index contributed by atoms with van der Waals surface area (Å²) in [5, 5.41) is 2.88. The number of carbonyl (C=O) groups excluding carboxylic acids is 1. The summed E-state index contributed by atoms with van der Waals surface area (Å²) in [6.07, 6.45) is 0. The SMILES string of the molecule is CC(N)C(C)C(=O)NCC(c1cccc(F)c1)N(C)C.Cl.Cl. The van der Waals surface area contributed by atoms with E-state index in [-0.39, 0.29) is 54.5 Å². The van der Waals surface area contributed by atoms with Crippen LogP contribution in [0.15, 0.2) is 24.3 Å². The van der Waals surface area contributed by atoms with Gasteiger partial charge in [0, 0.05) is 18.5 Å². The maximum Gasteiger partial charge on any atom is 0.224 e. The average molecular weight is 354 g/mol. The van der Waals surface area contributed by atoms with Gasteiger partial charge in [0.15, 0.2) is 0 Å². The number of benzene rings is 1. The molecule has 4 nitrogen and oxygen atoms in total. The summed E-state index contributed by atoms with van der Waals surface area (Å²) in [5.41, 5.74) is 6.55. The van der Waals surface area contributed by atoms with Gasteiger partial charge < -0.3 is 16.0 Å². The molecular weight excluding hydrogens is 328 g/mol. The van der Waals surface area contributed by atoms with Crippen LogP contribution in [0.5, 0.6) is 0 Å². The number of hydrogen-bond donors (Lipinski definition) is 2. The largest absolute Gasteiger partial charge is 0.354 e. The predicted octanol–water partition coefficient (Wildman–Crippen LogP) is 2.37. The summed E-state index contributed by atoms with van der Waals surface area (Å²) in [6.45, 7) is 4.03. The number of halogens is 3. The Morgan fingerprint density at radius 3 is 2.36 bits per heavy atom. The molecule has 3 unspecified atom stereocenters.